The highest BCUT2D eigenvalue weighted by Crippen LogP contribution is 2.56. The summed E-state index contributed by atoms with van der Waals surface area (Å²) in [7, 11) is 0. The molecule has 4 atom stereocenters. The predicted molar refractivity (Wildman–Crippen MR) is 250 cm³/mol. The zero-order valence-electron chi connectivity index (χ0n) is 39.2. The number of benzene rings is 3. The fourth-order valence-corrected chi connectivity index (χ4v) is 11.4. The first kappa shape index (κ1) is 43.4. The summed E-state index contributed by atoms with van der Waals surface area (Å²) in [5.41, 5.74) is 2.70. The molecule has 1 saturated heterocycles. The lowest BCUT2D eigenvalue weighted by Gasteiger charge is -2.35. The van der Waals surface area contributed by atoms with Gasteiger partial charge in [0.15, 0.2) is 11.6 Å². The number of nitrogens with one attached hydrogen (secondary N) is 1. The molecular formula is C51H52F2N10O6. The number of aromatic nitrogens is 9. The number of amides is 1. The first-order chi connectivity index (χ1) is 32.9. The van der Waals surface area contributed by atoms with E-state index in [1.807, 2.05) is 17.6 Å². The molecule has 7 heterocycles. The number of nitrogens with zero attached hydrogens (tertiary/aromatic N) is 9. The van der Waals surface area contributed by atoms with Gasteiger partial charge in [-0.15, -0.1) is 0 Å². The molecule has 0 bridgehead atoms. The van der Waals surface area contributed by atoms with Crippen LogP contribution >= 0.6 is 0 Å². The minimum absolute atomic E-state index is 0.00222. The van der Waals surface area contributed by atoms with Gasteiger partial charge in [-0.1, -0.05) is 18.1 Å². The Bertz CT molecular complexity index is 3540. The van der Waals surface area contributed by atoms with Crippen LogP contribution in [0.5, 0.6) is 0 Å². The average molecular weight is 939 g/mol. The number of fused-ring (bicyclic) bond motifs is 3. The molecule has 69 heavy (non-hydrogen) atoms. The van der Waals surface area contributed by atoms with Gasteiger partial charge in [-0.05, 0) is 138 Å². The minimum Gasteiger partial charge on any atom is -0.388 e. The largest absolute Gasteiger partial charge is 0.438 e. The van der Waals surface area contributed by atoms with Crippen LogP contribution in [0.15, 0.2) is 81.2 Å². The van der Waals surface area contributed by atoms with E-state index in [-0.39, 0.29) is 53.3 Å². The monoisotopic (exact) mass is 938 g/mol. The zero-order valence-corrected chi connectivity index (χ0v) is 39.2. The summed E-state index contributed by atoms with van der Waals surface area (Å²) in [6.45, 7) is 12.7. The summed E-state index contributed by atoms with van der Waals surface area (Å²) in [6, 6.07) is 14.1. The quantitative estimate of drug-likeness (QED) is 0.149. The number of H-pyrrole nitrogens is 1. The number of rotatable bonds is 9. The van der Waals surface area contributed by atoms with Crippen molar-refractivity contribution in [1.29, 1.82) is 0 Å². The summed E-state index contributed by atoms with van der Waals surface area (Å²) in [5.74, 6) is -1.05. The Morgan fingerprint density at radius 3 is 2.41 bits per heavy atom. The van der Waals surface area contributed by atoms with Crippen LogP contribution in [0.3, 0.4) is 0 Å². The van der Waals surface area contributed by atoms with Crippen molar-refractivity contribution in [2.24, 2.45) is 5.92 Å². The Hall–Kier alpha value is -6.92. The van der Waals surface area contributed by atoms with Crippen molar-refractivity contribution in [2.45, 2.75) is 115 Å². The van der Waals surface area contributed by atoms with Gasteiger partial charge in [0.1, 0.15) is 22.9 Å². The van der Waals surface area contributed by atoms with E-state index in [2.05, 4.69) is 54.2 Å². The molecule has 3 aromatic carbocycles. The molecule has 12 rings (SSSR count). The predicted octanol–water partition coefficient (Wildman–Crippen LogP) is 7.43. The van der Waals surface area contributed by atoms with E-state index in [1.54, 1.807) is 54.0 Å². The highest BCUT2D eigenvalue weighted by Gasteiger charge is 2.59. The number of aryl methyl sites for hydroxylation is 2. The van der Waals surface area contributed by atoms with Crippen molar-refractivity contribution < 1.29 is 27.9 Å². The Labute approximate surface area is 393 Å². The van der Waals surface area contributed by atoms with Gasteiger partial charge in [0.05, 0.1) is 51.8 Å². The third-order valence-corrected chi connectivity index (χ3v) is 15.3. The molecule has 2 saturated carbocycles. The molecule has 0 radical (unpaired) electrons. The van der Waals surface area contributed by atoms with Gasteiger partial charge in [0.25, 0.3) is 5.91 Å². The Morgan fingerprint density at radius 1 is 0.957 bits per heavy atom. The van der Waals surface area contributed by atoms with Gasteiger partial charge >= 0.3 is 11.4 Å². The number of hydrogen-bond donors (Lipinski definition) is 2. The molecule has 356 valence electrons. The second-order valence-corrected chi connectivity index (χ2v) is 20.6. The topological polar surface area (TPSA) is 176 Å². The molecule has 2 aliphatic heterocycles. The van der Waals surface area contributed by atoms with Crippen LogP contribution in [0.25, 0.3) is 39.0 Å². The van der Waals surface area contributed by atoms with E-state index in [0.717, 1.165) is 29.3 Å². The lowest BCUT2D eigenvalue weighted by molar-refractivity contribution is -0.0592. The zero-order chi connectivity index (χ0) is 48.1. The molecule has 2 aliphatic carbocycles. The molecule has 3 fully saturated rings. The molecular weight excluding hydrogens is 887 g/mol. The van der Waals surface area contributed by atoms with E-state index < -0.39 is 34.4 Å². The van der Waals surface area contributed by atoms with E-state index >= 15 is 13.6 Å². The summed E-state index contributed by atoms with van der Waals surface area (Å²) in [5, 5.41) is 25.3. The van der Waals surface area contributed by atoms with Gasteiger partial charge < -0.3 is 19.3 Å². The lowest BCUT2D eigenvalue weighted by atomic mass is 9.83. The first-order valence-corrected chi connectivity index (χ1v) is 23.7. The summed E-state index contributed by atoms with van der Waals surface area (Å²) >= 11 is 0. The molecule has 2 N–H and O–H groups in total. The van der Waals surface area contributed by atoms with Crippen LogP contribution in [-0.4, -0.2) is 83.7 Å². The van der Waals surface area contributed by atoms with Crippen molar-refractivity contribution >= 4 is 27.7 Å². The maximum atomic E-state index is 16.5. The number of aromatic amines is 1. The van der Waals surface area contributed by atoms with Crippen LogP contribution in [0.1, 0.15) is 116 Å². The third kappa shape index (κ3) is 6.80. The molecule has 5 aromatic heterocycles. The fourth-order valence-electron chi connectivity index (χ4n) is 11.4. The highest BCUT2D eigenvalue weighted by atomic mass is 19.1. The molecule has 0 unspecified atom stereocenters. The second kappa shape index (κ2) is 15.0. The molecule has 16 nitrogen and oxygen atoms in total. The highest BCUT2D eigenvalue weighted by molar-refractivity contribution is 6.00. The van der Waals surface area contributed by atoms with Gasteiger partial charge in [-0.2, -0.15) is 10.2 Å². The van der Waals surface area contributed by atoms with Crippen molar-refractivity contribution in [3.05, 3.63) is 139 Å². The van der Waals surface area contributed by atoms with Gasteiger partial charge in [-0.25, -0.2) is 23.1 Å². The Morgan fingerprint density at radius 2 is 1.71 bits per heavy atom. The third-order valence-electron chi connectivity index (χ3n) is 15.3. The van der Waals surface area contributed by atoms with Crippen LogP contribution in [0.2, 0.25) is 0 Å². The van der Waals surface area contributed by atoms with Gasteiger partial charge in [0, 0.05) is 54.6 Å². The average Bonchev–Trinajstić information content (AvgIpc) is 3.72. The molecule has 1 amide bonds. The number of carbonyl (C=O) groups is 1. The van der Waals surface area contributed by atoms with Crippen molar-refractivity contribution in [2.75, 3.05) is 13.2 Å². The van der Waals surface area contributed by atoms with Crippen LogP contribution in [0, 0.1) is 31.4 Å². The maximum absolute atomic E-state index is 16.5. The normalized spacial score (nSPS) is 22.7. The number of aliphatic hydroxyl groups is 1. The van der Waals surface area contributed by atoms with E-state index in [0.29, 0.717) is 83.2 Å². The molecule has 4 aliphatic rings. The van der Waals surface area contributed by atoms with Crippen molar-refractivity contribution in [1.82, 2.24) is 48.3 Å². The number of hydrogen-bond acceptors (Lipinski definition) is 9. The Kier molecular flexibility index (Phi) is 9.45. The van der Waals surface area contributed by atoms with E-state index in [4.69, 9.17) is 14.4 Å². The van der Waals surface area contributed by atoms with Gasteiger partial charge in [-0.3, -0.25) is 28.1 Å². The lowest BCUT2D eigenvalue weighted by Crippen LogP contribution is -2.41. The van der Waals surface area contributed by atoms with E-state index in [9.17, 15) is 14.7 Å². The summed E-state index contributed by atoms with van der Waals surface area (Å²) in [6.07, 6.45) is 8.53. The molecule has 18 heteroatoms. The fraction of sp³-hybridized carbons (Fsp3) is 0.412. The SMILES string of the molecule is Cc1cc(-n2nc3c(c2-n2ccn(-c4ccc5nn(CC6(O)CC6)cc5c4F)c2=O)[C@H](C)N(C(=O)c2cc4cc([C@H]5CCOC(C)(C)C5)ccc4n2[C@@]2(c4noc(=O)[nH]4)C[C@@H]2C)CC3)cc(C)c1F. The van der Waals surface area contributed by atoms with Crippen LogP contribution in [0.4, 0.5) is 8.78 Å². The smallest absolute Gasteiger partial charge is 0.388 e. The second-order valence-electron chi connectivity index (χ2n) is 20.6. The standard InChI is InChI=1S/C51H52F2N10O6/c1-27-19-34(20-28(2)42(27)52)63-44(61-17-16-60(48(61)66)39-10-8-36-35(43(39)53)25-58(55-36)26-50(67)13-14-50)41-30(4)59(15-11-37(41)56-63)45(64)40-22-33-21-31(32-12-18-68-49(5,6)24-32)7-9-38(33)62(40)51(23-29(51)3)46-54-47(65)69-57-46/h7-10,16-17,19-22,25,29-30,32,67H,11-15,18,23-24,26H2,1-6H3,(H,54,57,65)/t29-,30-,32-,51-/m0/s1. The van der Waals surface area contributed by atoms with Crippen molar-refractivity contribution in [3.63, 3.8) is 0 Å². The number of ether oxygens (including phenoxy) is 1. The maximum Gasteiger partial charge on any atom is 0.438 e. The number of imidazole rings is 1. The summed E-state index contributed by atoms with van der Waals surface area (Å²) < 4.78 is 50.6. The van der Waals surface area contributed by atoms with Crippen LogP contribution in [-0.2, 0) is 23.2 Å². The molecule has 0 spiro atoms. The minimum atomic E-state index is -0.870. The van der Waals surface area contributed by atoms with Gasteiger partial charge in [0.2, 0.25) is 0 Å². The van der Waals surface area contributed by atoms with E-state index in [1.165, 1.54) is 26.1 Å². The number of halogens is 2. The molecule has 8 aromatic rings. The number of carbonyl (C=O) groups excluding carboxylic acids is 1. The summed E-state index contributed by atoms with van der Waals surface area (Å²) in [4.78, 5) is 47.5. The first-order valence-electron chi connectivity index (χ1n) is 23.7. The Balaban J connectivity index is 0.983. The van der Waals surface area contributed by atoms with Crippen LogP contribution < -0.4 is 11.4 Å². The van der Waals surface area contributed by atoms with Crippen molar-refractivity contribution in [3.8, 4) is 17.2 Å².